The lowest BCUT2D eigenvalue weighted by Crippen LogP contribution is -2.20. The van der Waals surface area contributed by atoms with Crippen molar-refractivity contribution in [2.75, 3.05) is 6.54 Å². The molecule has 20 heavy (non-hydrogen) atoms. The van der Waals surface area contributed by atoms with E-state index in [2.05, 4.69) is 30.1 Å². The van der Waals surface area contributed by atoms with Crippen LogP contribution in [0, 0.1) is 0 Å². The first-order valence-electron chi connectivity index (χ1n) is 6.11. The maximum atomic E-state index is 10.8. The molecule has 0 radical (unpaired) electrons. The minimum Gasteiger partial charge on any atom is -0.370 e. The van der Waals surface area contributed by atoms with E-state index in [1.165, 1.54) is 5.56 Å². The summed E-state index contributed by atoms with van der Waals surface area (Å²) in [4.78, 5) is 10.8. The molecule has 1 aromatic carbocycles. The van der Waals surface area contributed by atoms with E-state index >= 15 is 0 Å². The molecule has 114 valence electrons. The molecule has 1 saturated heterocycles. The van der Waals surface area contributed by atoms with Crippen LogP contribution in [0.25, 0.3) is 0 Å². The number of amides is 1. The molecule has 1 aliphatic rings. The summed E-state index contributed by atoms with van der Waals surface area (Å²) in [6.07, 6.45) is 1.22. The second-order valence-electron chi connectivity index (χ2n) is 4.79. The number of primary amides is 1. The van der Waals surface area contributed by atoms with Crippen LogP contribution < -0.4 is 16.8 Å². The minimum absolute atomic E-state index is 0. The monoisotopic (exact) mass is 337 g/mol. The van der Waals surface area contributed by atoms with Crippen LogP contribution in [-0.4, -0.2) is 17.7 Å². The Balaban J connectivity index is 0.00000180. The van der Waals surface area contributed by atoms with E-state index < -0.39 is 0 Å². The fraction of sp³-hybridized carbons (Fsp3) is 0.462. The Morgan fingerprint density at radius 3 is 2.40 bits per heavy atom. The number of carbonyl (C=O) groups excluding carboxylic acids is 1. The highest BCUT2D eigenvalue weighted by atomic mass is 35.5. The third-order valence-electron chi connectivity index (χ3n) is 3.30. The second kappa shape index (κ2) is 8.74. The van der Waals surface area contributed by atoms with E-state index in [1.807, 2.05) is 12.1 Å². The molecule has 3 atom stereocenters. The number of rotatable bonds is 4. The second-order valence-corrected chi connectivity index (χ2v) is 5.52. The van der Waals surface area contributed by atoms with Crippen LogP contribution in [0.1, 0.15) is 36.1 Å². The zero-order chi connectivity index (χ0) is 13.1. The summed E-state index contributed by atoms with van der Waals surface area (Å²) in [5.41, 5.74) is 13.2. The summed E-state index contributed by atoms with van der Waals surface area (Å²) in [5.74, 6) is -0.373. The zero-order valence-electron chi connectivity index (χ0n) is 11.0. The van der Waals surface area contributed by atoms with Crippen molar-refractivity contribution in [1.29, 1.82) is 0 Å². The van der Waals surface area contributed by atoms with Gasteiger partial charge < -0.3 is 16.8 Å². The fourth-order valence-electron chi connectivity index (χ4n) is 2.28. The van der Waals surface area contributed by atoms with Gasteiger partial charge in [0.15, 0.2) is 0 Å². The SMILES string of the molecule is Cl.Cl.NC(=O)C[C@H](N)c1ccc([C@H]2C[C@@H](S)CN2)cc1. The van der Waals surface area contributed by atoms with E-state index in [-0.39, 0.29) is 43.2 Å². The standard InChI is InChI=1S/C13H19N3OS.2ClH/c14-11(6-13(15)17)8-1-3-9(4-2-8)12-5-10(18)7-16-12;;/h1-4,10-12,16,18H,5-7,14H2,(H2,15,17);2*1H/t10-,11+,12-;;/m1../s1. The van der Waals surface area contributed by atoms with Crippen LogP contribution in [0.15, 0.2) is 24.3 Å². The molecule has 0 aromatic heterocycles. The number of halogens is 2. The van der Waals surface area contributed by atoms with Crippen molar-refractivity contribution in [2.24, 2.45) is 11.5 Å². The number of hydrogen-bond acceptors (Lipinski definition) is 4. The van der Waals surface area contributed by atoms with Gasteiger partial charge in [-0.05, 0) is 17.5 Å². The molecule has 1 aliphatic heterocycles. The Morgan fingerprint density at radius 2 is 1.95 bits per heavy atom. The summed E-state index contributed by atoms with van der Waals surface area (Å²) in [6.45, 7) is 0.941. The molecule has 4 nitrogen and oxygen atoms in total. The Labute approximate surface area is 137 Å². The van der Waals surface area contributed by atoms with E-state index in [0.717, 1.165) is 18.5 Å². The third kappa shape index (κ3) is 5.14. The van der Waals surface area contributed by atoms with E-state index in [4.69, 9.17) is 11.5 Å². The molecule has 0 spiro atoms. The van der Waals surface area contributed by atoms with Gasteiger partial charge >= 0.3 is 0 Å². The van der Waals surface area contributed by atoms with Gasteiger partial charge in [-0.25, -0.2) is 0 Å². The van der Waals surface area contributed by atoms with Gasteiger partial charge in [-0.1, -0.05) is 24.3 Å². The molecule has 5 N–H and O–H groups in total. The van der Waals surface area contributed by atoms with Gasteiger partial charge in [-0.3, -0.25) is 4.79 Å². The summed E-state index contributed by atoms with van der Waals surface area (Å²) in [5, 5.41) is 3.84. The van der Waals surface area contributed by atoms with Crippen molar-refractivity contribution < 1.29 is 4.79 Å². The molecule has 0 saturated carbocycles. The average molecular weight is 338 g/mol. The maximum absolute atomic E-state index is 10.8. The number of hydrogen-bond donors (Lipinski definition) is 4. The van der Waals surface area contributed by atoms with Crippen LogP contribution in [0.5, 0.6) is 0 Å². The Kier molecular flexibility index (Phi) is 8.54. The van der Waals surface area contributed by atoms with Gasteiger partial charge in [-0.15, -0.1) is 24.8 Å². The van der Waals surface area contributed by atoms with Crippen molar-refractivity contribution in [3.05, 3.63) is 35.4 Å². The predicted molar refractivity (Wildman–Crippen MR) is 89.8 cm³/mol. The Bertz CT molecular complexity index is 430. The number of benzene rings is 1. The Morgan fingerprint density at radius 1 is 1.35 bits per heavy atom. The molecule has 0 aliphatic carbocycles. The topological polar surface area (TPSA) is 81.1 Å². The van der Waals surface area contributed by atoms with Gasteiger partial charge in [0, 0.05) is 30.3 Å². The largest absolute Gasteiger partial charge is 0.370 e. The highest BCUT2D eigenvalue weighted by Crippen LogP contribution is 2.27. The zero-order valence-corrected chi connectivity index (χ0v) is 13.5. The number of nitrogens with two attached hydrogens (primary N) is 2. The van der Waals surface area contributed by atoms with E-state index in [1.54, 1.807) is 0 Å². The van der Waals surface area contributed by atoms with Gasteiger partial charge in [0.2, 0.25) is 5.91 Å². The molecule has 2 rings (SSSR count). The molecular weight excluding hydrogens is 317 g/mol. The average Bonchev–Trinajstić information content (AvgIpc) is 2.75. The third-order valence-corrected chi connectivity index (χ3v) is 3.69. The van der Waals surface area contributed by atoms with Crippen LogP contribution in [0.4, 0.5) is 0 Å². The van der Waals surface area contributed by atoms with E-state index in [9.17, 15) is 4.79 Å². The molecule has 0 bridgehead atoms. The molecule has 7 heteroatoms. The van der Waals surface area contributed by atoms with Crippen molar-refractivity contribution in [2.45, 2.75) is 30.2 Å². The van der Waals surface area contributed by atoms with Crippen molar-refractivity contribution in [3.63, 3.8) is 0 Å². The van der Waals surface area contributed by atoms with Crippen LogP contribution in [0.3, 0.4) is 0 Å². The number of carbonyl (C=O) groups is 1. The quantitative estimate of drug-likeness (QED) is 0.631. The molecule has 1 amide bonds. The molecule has 1 fully saturated rings. The molecule has 1 aromatic rings. The summed E-state index contributed by atoms with van der Waals surface area (Å²) >= 11 is 4.46. The lowest BCUT2D eigenvalue weighted by Gasteiger charge is -2.14. The highest BCUT2D eigenvalue weighted by molar-refractivity contribution is 7.81. The van der Waals surface area contributed by atoms with Crippen molar-refractivity contribution in [1.82, 2.24) is 5.32 Å². The first kappa shape index (κ1) is 19.5. The maximum Gasteiger partial charge on any atom is 0.219 e. The minimum atomic E-state index is -0.373. The lowest BCUT2D eigenvalue weighted by atomic mass is 9.99. The smallest absolute Gasteiger partial charge is 0.219 e. The van der Waals surface area contributed by atoms with Crippen molar-refractivity contribution in [3.8, 4) is 0 Å². The van der Waals surface area contributed by atoms with Gasteiger partial charge in [0.25, 0.3) is 0 Å². The summed E-state index contributed by atoms with van der Waals surface area (Å²) in [6, 6.07) is 8.10. The molecule has 1 heterocycles. The fourth-order valence-corrected chi connectivity index (χ4v) is 2.60. The Hall–Kier alpha value is -0.460. The summed E-state index contributed by atoms with van der Waals surface area (Å²) < 4.78 is 0. The molecular formula is C13H21Cl2N3OS. The van der Waals surface area contributed by atoms with Gasteiger partial charge in [0.05, 0.1) is 0 Å². The van der Waals surface area contributed by atoms with Crippen LogP contribution in [-0.2, 0) is 4.79 Å². The first-order valence-corrected chi connectivity index (χ1v) is 6.63. The molecule has 0 unspecified atom stereocenters. The van der Waals surface area contributed by atoms with E-state index in [0.29, 0.717) is 11.3 Å². The van der Waals surface area contributed by atoms with Crippen molar-refractivity contribution >= 4 is 43.4 Å². The van der Waals surface area contributed by atoms with Gasteiger partial charge in [0.1, 0.15) is 0 Å². The van der Waals surface area contributed by atoms with Crippen LogP contribution in [0.2, 0.25) is 0 Å². The predicted octanol–water partition coefficient (Wildman–Crippen LogP) is 1.74. The highest BCUT2D eigenvalue weighted by Gasteiger charge is 2.22. The van der Waals surface area contributed by atoms with Gasteiger partial charge in [-0.2, -0.15) is 12.6 Å². The number of thiol groups is 1. The van der Waals surface area contributed by atoms with Crippen LogP contribution >= 0.6 is 37.4 Å². The normalized spacial score (nSPS) is 22.5. The lowest BCUT2D eigenvalue weighted by molar-refractivity contribution is -0.118. The first-order chi connectivity index (χ1) is 8.56. The summed E-state index contributed by atoms with van der Waals surface area (Å²) in [7, 11) is 0. The number of nitrogens with one attached hydrogen (secondary N) is 1.